The number of rotatable bonds is 11. The van der Waals surface area contributed by atoms with E-state index < -0.39 is 5.97 Å². The predicted molar refractivity (Wildman–Crippen MR) is 82.2 cm³/mol. The van der Waals surface area contributed by atoms with Crippen LogP contribution >= 0.6 is 0 Å². The lowest BCUT2D eigenvalue weighted by molar-refractivity contribution is -0.137. The molecule has 0 bridgehead atoms. The van der Waals surface area contributed by atoms with Gasteiger partial charge in [0.25, 0.3) is 0 Å². The summed E-state index contributed by atoms with van der Waals surface area (Å²) in [5.74, 6) is -0.439. The summed E-state index contributed by atoms with van der Waals surface area (Å²) in [7, 11) is 0. The highest BCUT2D eigenvalue weighted by atomic mass is 16.4. The molecule has 0 heterocycles. The number of amides is 2. The molecule has 21 heavy (non-hydrogen) atoms. The van der Waals surface area contributed by atoms with Crippen LogP contribution in [-0.4, -0.2) is 52.9 Å². The lowest BCUT2D eigenvalue weighted by atomic mass is 9.94. The molecule has 0 aliphatic carbocycles. The molecule has 1 unspecified atom stereocenters. The maximum Gasteiger partial charge on any atom is 0.317 e. The van der Waals surface area contributed by atoms with Crippen molar-refractivity contribution in [2.24, 2.45) is 5.92 Å². The standard InChI is InChI=1S/C15H30N2O4/c1-4-5-13(6-7-14(19)20)8-9-16-15(21)17(10-11-18)12(2)3/h12-13,18H,4-11H2,1-3H3,(H,16,21)(H,19,20). The van der Waals surface area contributed by atoms with Gasteiger partial charge in [0.1, 0.15) is 0 Å². The first-order valence-corrected chi connectivity index (χ1v) is 7.79. The Hall–Kier alpha value is -1.30. The van der Waals surface area contributed by atoms with Crippen molar-refractivity contribution >= 4 is 12.0 Å². The van der Waals surface area contributed by atoms with E-state index in [9.17, 15) is 9.59 Å². The van der Waals surface area contributed by atoms with Crippen LogP contribution in [0, 0.1) is 5.92 Å². The lowest BCUT2D eigenvalue weighted by Gasteiger charge is -2.26. The summed E-state index contributed by atoms with van der Waals surface area (Å²) in [5.41, 5.74) is 0. The number of hydrogen-bond donors (Lipinski definition) is 3. The number of nitrogens with zero attached hydrogens (tertiary/aromatic N) is 1. The summed E-state index contributed by atoms with van der Waals surface area (Å²) in [5, 5.41) is 20.6. The van der Waals surface area contributed by atoms with Crippen LogP contribution in [0.3, 0.4) is 0 Å². The van der Waals surface area contributed by atoms with Gasteiger partial charge in [-0.15, -0.1) is 0 Å². The van der Waals surface area contributed by atoms with Crippen molar-refractivity contribution in [1.82, 2.24) is 10.2 Å². The van der Waals surface area contributed by atoms with Gasteiger partial charge in [-0.1, -0.05) is 19.8 Å². The second-order valence-electron chi connectivity index (χ2n) is 5.62. The van der Waals surface area contributed by atoms with Gasteiger partial charge in [0, 0.05) is 25.6 Å². The zero-order valence-electron chi connectivity index (χ0n) is 13.5. The van der Waals surface area contributed by atoms with Gasteiger partial charge >= 0.3 is 12.0 Å². The van der Waals surface area contributed by atoms with Crippen molar-refractivity contribution in [2.75, 3.05) is 19.7 Å². The number of carboxylic acids is 1. The summed E-state index contributed by atoms with van der Waals surface area (Å²) in [6.45, 7) is 6.69. The lowest BCUT2D eigenvalue weighted by Crippen LogP contribution is -2.45. The normalized spacial score (nSPS) is 12.2. The number of urea groups is 1. The van der Waals surface area contributed by atoms with Crippen LogP contribution in [0.4, 0.5) is 4.79 Å². The van der Waals surface area contributed by atoms with E-state index in [1.807, 2.05) is 13.8 Å². The molecule has 0 aliphatic heterocycles. The molecule has 1 atom stereocenters. The van der Waals surface area contributed by atoms with Gasteiger partial charge in [0.2, 0.25) is 0 Å². The molecule has 0 aromatic rings. The number of carboxylic acid groups (broad SMARTS) is 1. The highest BCUT2D eigenvalue weighted by Gasteiger charge is 2.16. The number of carbonyl (C=O) groups excluding carboxylic acids is 1. The van der Waals surface area contributed by atoms with Crippen LogP contribution in [0.1, 0.15) is 52.9 Å². The maximum absolute atomic E-state index is 12.0. The Morgan fingerprint density at radius 3 is 2.33 bits per heavy atom. The summed E-state index contributed by atoms with van der Waals surface area (Å²) in [6.07, 6.45) is 3.62. The molecule has 0 aliphatic rings. The Kier molecular flexibility index (Phi) is 10.7. The zero-order valence-corrected chi connectivity index (χ0v) is 13.5. The molecule has 0 saturated carbocycles. The van der Waals surface area contributed by atoms with Crippen LogP contribution in [-0.2, 0) is 4.79 Å². The minimum atomic E-state index is -0.769. The van der Waals surface area contributed by atoms with Gasteiger partial charge in [0.05, 0.1) is 6.61 Å². The fourth-order valence-corrected chi connectivity index (χ4v) is 2.36. The maximum atomic E-state index is 12.0. The number of aliphatic hydroxyl groups is 1. The van der Waals surface area contributed by atoms with E-state index >= 15 is 0 Å². The molecule has 0 aromatic heterocycles. The second-order valence-corrected chi connectivity index (χ2v) is 5.62. The first kappa shape index (κ1) is 19.7. The van der Waals surface area contributed by atoms with Gasteiger partial charge in [-0.2, -0.15) is 0 Å². The molecule has 0 aromatic carbocycles. The van der Waals surface area contributed by atoms with E-state index in [2.05, 4.69) is 12.2 Å². The minimum Gasteiger partial charge on any atom is -0.481 e. The Balaban J connectivity index is 4.16. The van der Waals surface area contributed by atoms with Crippen LogP contribution in [0.5, 0.6) is 0 Å². The Labute approximate surface area is 127 Å². The molecule has 0 fully saturated rings. The van der Waals surface area contributed by atoms with Gasteiger partial charge < -0.3 is 20.4 Å². The highest BCUT2D eigenvalue weighted by molar-refractivity contribution is 5.74. The zero-order chi connectivity index (χ0) is 16.3. The minimum absolute atomic E-state index is 0.0376. The third-order valence-electron chi connectivity index (χ3n) is 3.52. The molecule has 0 saturated heterocycles. The molecule has 0 rings (SSSR count). The van der Waals surface area contributed by atoms with Crippen LogP contribution in [0.2, 0.25) is 0 Å². The van der Waals surface area contributed by atoms with Crippen LogP contribution in [0.15, 0.2) is 0 Å². The smallest absolute Gasteiger partial charge is 0.317 e. The van der Waals surface area contributed by atoms with Crippen LogP contribution < -0.4 is 5.32 Å². The third-order valence-corrected chi connectivity index (χ3v) is 3.52. The molecule has 0 radical (unpaired) electrons. The van der Waals surface area contributed by atoms with Gasteiger partial charge in [-0.05, 0) is 32.6 Å². The van der Waals surface area contributed by atoms with Crippen LogP contribution in [0.25, 0.3) is 0 Å². The first-order valence-electron chi connectivity index (χ1n) is 7.79. The largest absolute Gasteiger partial charge is 0.481 e. The number of nitrogens with one attached hydrogen (secondary N) is 1. The highest BCUT2D eigenvalue weighted by Crippen LogP contribution is 2.17. The average Bonchev–Trinajstić information content (AvgIpc) is 2.41. The Bertz CT molecular complexity index is 308. The molecule has 2 amide bonds. The second kappa shape index (κ2) is 11.4. The molecule has 6 nitrogen and oxygen atoms in total. The fraction of sp³-hybridized carbons (Fsp3) is 0.867. The summed E-state index contributed by atoms with van der Waals surface area (Å²) in [6, 6.07) is -0.136. The van der Waals surface area contributed by atoms with Gasteiger partial charge in [-0.3, -0.25) is 4.79 Å². The predicted octanol–water partition coefficient (Wildman–Crippen LogP) is 2.07. The quantitative estimate of drug-likeness (QED) is 0.545. The van der Waals surface area contributed by atoms with Gasteiger partial charge in [-0.25, -0.2) is 4.79 Å². The molecular formula is C15H30N2O4. The fourth-order valence-electron chi connectivity index (χ4n) is 2.36. The first-order chi connectivity index (χ1) is 9.92. The number of carbonyl (C=O) groups is 2. The van der Waals surface area contributed by atoms with Crippen molar-refractivity contribution in [2.45, 2.75) is 58.9 Å². The number of aliphatic hydroxyl groups excluding tert-OH is 1. The monoisotopic (exact) mass is 302 g/mol. The van der Waals surface area contributed by atoms with E-state index in [0.717, 1.165) is 19.3 Å². The molecule has 3 N–H and O–H groups in total. The molecular weight excluding hydrogens is 272 g/mol. The van der Waals surface area contributed by atoms with E-state index in [-0.39, 0.29) is 25.1 Å². The molecule has 0 spiro atoms. The Morgan fingerprint density at radius 1 is 1.19 bits per heavy atom. The van der Waals surface area contributed by atoms with Crippen molar-refractivity contribution < 1.29 is 19.8 Å². The topological polar surface area (TPSA) is 89.9 Å². The van der Waals surface area contributed by atoms with E-state index in [0.29, 0.717) is 25.4 Å². The van der Waals surface area contributed by atoms with Gasteiger partial charge in [0.15, 0.2) is 0 Å². The van der Waals surface area contributed by atoms with Crippen molar-refractivity contribution in [3.8, 4) is 0 Å². The number of aliphatic carboxylic acids is 1. The van der Waals surface area contributed by atoms with Crippen molar-refractivity contribution in [3.05, 3.63) is 0 Å². The van der Waals surface area contributed by atoms with E-state index in [4.69, 9.17) is 10.2 Å². The average molecular weight is 302 g/mol. The SMILES string of the molecule is CCCC(CCNC(=O)N(CCO)C(C)C)CCC(=O)O. The number of hydrogen-bond acceptors (Lipinski definition) is 3. The summed E-state index contributed by atoms with van der Waals surface area (Å²) >= 11 is 0. The third kappa shape index (κ3) is 9.28. The van der Waals surface area contributed by atoms with E-state index in [1.54, 1.807) is 4.90 Å². The molecule has 124 valence electrons. The van der Waals surface area contributed by atoms with E-state index in [1.165, 1.54) is 0 Å². The Morgan fingerprint density at radius 2 is 1.86 bits per heavy atom. The summed E-state index contributed by atoms with van der Waals surface area (Å²) in [4.78, 5) is 24.2. The summed E-state index contributed by atoms with van der Waals surface area (Å²) < 4.78 is 0. The van der Waals surface area contributed by atoms with Crippen molar-refractivity contribution in [3.63, 3.8) is 0 Å². The van der Waals surface area contributed by atoms with Crippen molar-refractivity contribution in [1.29, 1.82) is 0 Å². The molecule has 6 heteroatoms.